The van der Waals surface area contributed by atoms with E-state index in [1.807, 2.05) is 22.6 Å². The van der Waals surface area contributed by atoms with Crippen LogP contribution in [0.15, 0.2) is 24.4 Å². The number of halogens is 2. The van der Waals surface area contributed by atoms with Gasteiger partial charge in [-0.05, 0) is 40.8 Å². The van der Waals surface area contributed by atoms with Crippen LogP contribution >= 0.6 is 34.2 Å². The standard InChI is InChI=1S/C9H5ClINO.Tl/c10-6-4-7(11)9(13)8-5(6)2-1-3-12-8;/h1-4,13H;/q;+1/p-1/i;1-3. The zero-order valence-corrected chi connectivity index (χ0v) is 14.4. The molecule has 0 unspecified atom stereocenters. The van der Waals surface area contributed by atoms with Crippen LogP contribution in [0.5, 0.6) is 5.75 Å². The fourth-order valence-electron chi connectivity index (χ4n) is 1.15. The molecule has 0 aliphatic rings. The summed E-state index contributed by atoms with van der Waals surface area (Å²) in [6, 6.07) is 5.22. The average Bonchev–Trinajstić information content (AvgIpc) is 2.15. The number of hydrogen-bond donors (Lipinski definition) is 0. The van der Waals surface area contributed by atoms with Crippen molar-refractivity contribution in [1.29, 1.82) is 0 Å². The monoisotopic (exact) mass is 505 g/mol. The van der Waals surface area contributed by atoms with Gasteiger partial charge in [0.1, 0.15) is 0 Å². The van der Waals surface area contributed by atoms with Crippen LogP contribution in [0.2, 0.25) is 5.02 Å². The molecule has 1 aromatic carbocycles. The minimum atomic E-state index is -0.0550. The molecule has 0 saturated heterocycles. The third kappa shape index (κ3) is 2.14. The first-order valence-electron chi connectivity index (χ1n) is 3.60. The van der Waals surface area contributed by atoms with Crippen molar-refractivity contribution >= 4 is 72.4 Å². The van der Waals surface area contributed by atoms with Crippen molar-refractivity contribution in [1.82, 2.24) is 4.98 Å². The summed E-state index contributed by atoms with van der Waals surface area (Å²) >= 11 is 7.91. The van der Waals surface area contributed by atoms with Gasteiger partial charge in [0.15, 0.2) is 0 Å². The fourth-order valence-corrected chi connectivity index (χ4v) is 2.16. The van der Waals surface area contributed by atoms with Gasteiger partial charge < -0.3 is 5.11 Å². The quantitative estimate of drug-likeness (QED) is 0.407. The van der Waals surface area contributed by atoms with Gasteiger partial charge in [-0.2, -0.15) is 0 Å². The SMILES string of the molecule is [201Tl+].[O-]c1c(I)cc(Cl)c2cccnc12. The third-order valence-corrected chi connectivity index (χ3v) is 2.86. The molecule has 0 saturated carbocycles. The minimum absolute atomic E-state index is 0. The van der Waals surface area contributed by atoms with Gasteiger partial charge in [-0.1, -0.05) is 17.4 Å². The first-order valence-corrected chi connectivity index (χ1v) is 5.05. The van der Waals surface area contributed by atoms with Crippen LogP contribution in [-0.2, 0) is 0 Å². The summed E-state index contributed by atoms with van der Waals surface area (Å²) in [6.07, 6.45) is 1.59. The maximum Gasteiger partial charge on any atom is 1.00 e. The van der Waals surface area contributed by atoms with Gasteiger partial charge in [0, 0.05) is 15.2 Å². The largest absolute Gasteiger partial charge is 1.00 e. The molecule has 68 valence electrons. The molecular formula is C9H4ClINOTl. The van der Waals surface area contributed by atoms with E-state index in [-0.39, 0.29) is 33.0 Å². The summed E-state index contributed by atoms with van der Waals surface area (Å²) < 4.78 is 0.605. The Labute approximate surface area is 120 Å². The molecular weight excluding hydrogens is 501 g/mol. The minimum Gasteiger partial charge on any atom is -0.870 e. The summed E-state index contributed by atoms with van der Waals surface area (Å²) in [5.41, 5.74) is 0.444. The second-order valence-electron chi connectivity index (χ2n) is 2.57. The topological polar surface area (TPSA) is 36.0 Å². The molecule has 0 spiro atoms. The molecule has 0 bridgehead atoms. The van der Waals surface area contributed by atoms with E-state index in [1.165, 1.54) is 0 Å². The van der Waals surface area contributed by atoms with Crippen LogP contribution in [-0.4, -0.2) is 32.3 Å². The first kappa shape index (κ1) is 12.4. The maximum atomic E-state index is 11.6. The van der Waals surface area contributed by atoms with Crippen molar-refractivity contribution in [3.05, 3.63) is 33.0 Å². The summed E-state index contributed by atoms with van der Waals surface area (Å²) in [4.78, 5) is 4.00. The van der Waals surface area contributed by atoms with E-state index in [1.54, 1.807) is 24.4 Å². The van der Waals surface area contributed by atoms with E-state index >= 15 is 0 Å². The van der Waals surface area contributed by atoms with Crippen LogP contribution < -0.4 is 5.11 Å². The number of pyridine rings is 1. The molecule has 0 aliphatic heterocycles. The van der Waals surface area contributed by atoms with Crippen molar-refractivity contribution in [3.8, 4) is 5.75 Å². The molecule has 0 fully saturated rings. The number of rotatable bonds is 0. The Morgan fingerprint density at radius 1 is 1.43 bits per heavy atom. The number of aromatic nitrogens is 1. The van der Waals surface area contributed by atoms with Gasteiger partial charge in [0.05, 0.1) is 10.5 Å². The zero-order valence-electron chi connectivity index (χ0n) is 7.00. The Hall–Kier alpha value is 0.372. The Balaban J connectivity index is 0.000000980. The normalized spacial score (nSPS) is 9.86. The summed E-state index contributed by atoms with van der Waals surface area (Å²) in [5.74, 6) is -0.0550. The summed E-state index contributed by atoms with van der Waals surface area (Å²) in [6.45, 7) is 0. The van der Waals surface area contributed by atoms with E-state index in [2.05, 4.69) is 4.98 Å². The van der Waals surface area contributed by atoms with Crippen LogP contribution in [0.3, 0.4) is 0 Å². The number of nitrogens with zero attached hydrogens (tertiary/aromatic N) is 1. The van der Waals surface area contributed by atoms with Crippen LogP contribution in [0.25, 0.3) is 10.9 Å². The van der Waals surface area contributed by atoms with Crippen molar-refractivity contribution in [3.63, 3.8) is 0 Å². The predicted octanol–water partition coefficient (Wildman–Crippen LogP) is 2.19. The first-order chi connectivity index (χ1) is 6.20. The van der Waals surface area contributed by atoms with Gasteiger partial charge in [0.25, 0.3) is 0 Å². The van der Waals surface area contributed by atoms with Crippen molar-refractivity contribution in [2.24, 2.45) is 0 Å². The molecule has 0 aliphatic carbocycles. The van der Waals surface area contributed by atoms with Gasteiger partial charge in [-0.25, -0.2) is 0 Å². The number of fused-ring (bicyclic) bond motifs is 1. The van der Waals surface area contributed by atoms with Crippen LogP contribution in [0.4, 0.5) is 0 Å². The van der Waals surface area contributed by atoms with Crippen molar-refractivity contribution in [2.75, 3.05) is 0 Å². The molecule has 2 nitrogen and oxygen atoms in total. The van der Waals surface area contributed by atoms with Gasteiger partial charge in [0.2, 0.25) is 0 Å². The summed E-state index contributed by atoms with van der Waals surface area (Å²) in [7, 11) is 0. The molecule has 14 heavy (non-hydrogen) atoms. The van der Waals surface area contributed by atoms with E-state index in [4.69, 9.17) is 11.6 Å². The number of benzene rings is 1. The second-order valence-corrected chi connectivity index (χ2v) is 4.14. The van der Waals surface area contributed by atoms with Crippen LogP contribution in [0.1, 0.15) is 0 Å². The fraction of sp³-hybridized carbons (Fsp3) is 0. The predicted molar refractivity (Wildman–Crippen MR) is 64.7 cm³/mol. The zero-order chi connectivity index (χ0) is 9.42. The molecule has 2 rings (SSSR count). The van der Waals surface area contributed by atoms with Crippen molar-refractivity contribution < 1.29 is 5.11 Å². The Kier molecular flexibility index (Phi) is 4.38. The average molecular weight is 505 g/mol. The molecule has 0 amide bonds. The van der Waals surface area contributed by atoms with E-state index in [0.717, 1.165) is 5.39 Å². The van der Waals surface area contributed by atoms with Gasteiger partial charge in [-0.15, -0.1) is 0 Å². The molecule has 0 radical (unpaired) electrons. The molecule has 1 aromatic heterocycles. The Morgan fingerprint density at radius 2 is 2.14 bits per heavy atom. The Morgan fingerprint density at radius 3 is 2.86 bits per heavy atom. The smallest absolute Gasteiger partial charge is 0.870 e. The molecule has 0 N–H and O–H groups in total. The number of hydrogen-bond acceptors (Lipinski definition) is 2. The Bertz CT molecular complexity index is 478. The van der Waals surface area contributed by atoms with Gasteiger partial charge >= 0.3 is 27.3 Å². The molecule has 0 atom stereocenters. The van der Waals surface area contributed by atoms with E-state index in [0.29, 0.717) is 14.1 Å². The van der Waals surface area contributed by atoms with Gasteiger partial charge in [-0.3, -0.25) is 4.98 Å². The second kappa shape index (κ2) is 4.93. The third-order valence-electron chi connectivity index (χ3n) is 1.75. The van der Waals surface area contributed by atoms with E-state index in [9.17, 15) is 5.11 Å². The molecule has 1 heterocycles. The molecule has 2 aromatic rings. The summed E-state index contributed by atoms with van der Waals surface area (Å²) in [5, 5.41) is 12.8. The maximum absolute atomic E-state index is 11.6. The molecule has 5 heteroatoms. The van der Waals surface area contributed by atoms with E-state index < -0.39 is 0 Å². The van der Waals surface area contributed by atoms with Crippen LogP contribution in [0, 0.1) is 3.57 Å². The van der Waals surface area contributed by atoms with Crippen molar-refractivity contribution in [2.45, 2.75) is 0 Å².